The summed E-state index contributed by atoms with van der Waals surface area (Å²) in [5, 5.41) is 0. The molecular weight excluding hydrogens is 687 g/mol. The molecule has 0 spiro atoms. The molecule has 0 heterocycles. The summed E-state index contributed by atoms with van der Waals surface area (Å²) in [6, 6.07) is 65.8. The molecule has 0 atom stereocenters. The van der Waals surface area contributed by atoms with Crippen LogP contribution >= 0.6 is 0 Å². The van der Waals surface area contributed by atoms with E-state index in [1.54, 1.807) is 0 Å². The third-order valence-corrected chi connectivity index (χ3v) is 13.0. The second kappa shape index (κ2) is 13.1. The van der Waals surface area contributed by atoms with Crippen LogP contribution in [0.4, 0.5) is 17.1 Å². The van der Waals surface area contributed by atoms with Gasteiger partial charge in [-0.05, 0) is 128 Å². The molecule has 0 N–H and O–H groups in total. The minimum atomic E-state index is -0.149. The first-order chi connectivity index (χ1) is 27.6. The zero-order valence-electron chi connectivity index (χ0n) is 33.7. The van der Waals surface area contributed by atoms with Crippen LogP contribution in [0.25, 0.3) is 55.6 Å². The Morgan fingerprint density at radius 3 is 1.16 bits per heavy atom. The van der Waals surface area contributed by atoms with Crippen LogP contribution in [0.1, 0.15) is 61.1 Å². The van der Waals surface area contributed by atoms with E-state index in [1.807, 2.05) is 0 Å². The summed E-state index contributed by atoms with van der Waals surface area (Å²) in [6.45, 7) is 14.0. The Hall–Kier alpha value is -6.44. The van der Waals surface area contributed by atoms with Gasteiger partial charge in [0.15, 0.2) is 0 Å². The quantitative estimate of drug-likeness (QED) is 0.164. The van der Waals surface area contributed by atoms with Crippen molar-refractivity contribution in [1.82, 2.24) is 0 Å². The Labute approximate surface area is 337 Å². The molecule has 0 fully saturated rings. The van der Waals surface area contributed by atoms with Gasteiger partial charge >= 0.3 is 0 Å². The molecule has 0 unspecified atom stereocenters. The smallest absolute Gasteiger partial charge is 0.0619 e. The van der Waals surface area contributed by atoms with Crippen molar-refractivity contribution in [3.63, 3.8) is 0 Å². The second-order valence-electron chi connectivity index (χ2n) is 17.1. The molecule has 57 heavy (non-hydrogen) atoms. The Balaban J connectivity index is 1.33. The highest BCUT2D eigenvalue weighted by Gasteiger charge is 2.38. The van der Waals surface area contributed by atoms with Crippen molar-refractivity contribution in [2.24, 2.45) is 0 Å². The maximum atomic E-state index is 2.58. The van der Waals surface area contributed by atoms with Gasteiger partial charge in [-0.3, -0.25) is 0 Å². The monoisotopic (exact) mass is 733 g/mol. The maximum Gasteiger partial charge on any atom is 0.0619 e. The van der Waals surface area contributed by atoms with Crippen molar-refractivity contribution in [2.45, 2.75) is 52.4 Å². The molecular formula is C56H47N. The van der Waals surface area contributed by atoms with Crippen molar-refractivity contribution in [3.8, 4) is 55.6 Å². The van der Waals surface area contributed by atoms with Gasteiger partial charge in [0.2, 0.25) is 0 Å². The summed E-state index contributed by atoms with van der Waals surface area (Å²) in [5.74, 6) is 0. The SMILES string of the molecule is Cc1ccccc1-c1cc(-c2ccccc2)cc(-c2ccccc2C)c1N(c1ccc2c(c1)C(C)(C)c1ccccc1-2)c1ccc2c(c1)C(C)(C)c1ccccc1-2. The van der Waals surface area contributed by atoms with Gasteiger partial charge in [-0.25, -0.2) is 0 Å². The largest absolute Gasteiger partial charge is 0.309 e. The number of nitrogens with zero attached hydrogens (tertiary/aromatic N) is 1. The standard InChI is InChI=1S/C56H47N/c1-36-18-10-12-22-42(36)48-32-39(38-20-8-7-9-21-38)33-49(43-23-13-11-19-37(43)2)54(48)57(40-28-30-46-44-24-14-16-26-50(44)55(3,4)52(46)34-40)41-29-31-47-45-25-15-17-27-51(45)56(5,6)53(47)35-41/h7-35H,1-6H3. The normalized spacial score (nSPS) is 14.1. The summed E-state index contributed by atoms with van der Waals surface area (Å²) >= 11 is 0. The predicted molar refractivity (Wildman–Crippen MR) is 242 cm³/mol. The topological polar surface area (TPSA) is 3.24 Å². The maximum absolute atomic E-state index is 2.58. The van der Waals surface area contributed by atoms with Crippen molar-refractivity contribution in [3.05, 3.63) is 209 Å². The van der Waals surface area contributed by atoms with Crippen LogP contribution in [0.2, 0.25) is 0 Å². The summed E-state index contributed by atoms with van der Waals surface area (Å²) in [7, 11) is 0. The van der Waals surface area contributed by atoms with Crippen molar-refractivity contribution >= 4 is 17.1 Å². The third kappa shape index (κ3) is 5.44. The summed E-state index contributed by atoms with van der Waals surface area (Å²) < 4.78 is 0. The molecule has 276 valence electrons. The fraction of sp³-hybridized carbons (Fsp3) is 0.143. The first-order valence-corrected chi connectivity index (χ1v) is 20.3. The van der Waals surface area contributed by atoms with E-state index in [0.717, 1.165) is 11.4 Å². The van der Waals surface area contributed by atoms with E-state index in [-0.39, 0.29) is 10.8 Å². The van der Waals surface area contributed by atoms with Crippen LogP contribution in [0.5, 0.6) is 0 Å². The fourth-order valence-electron chi connectivity index (χ4n) is 9.90. The van der Waals surface area contributed by atoms with Crippen molar-refractivity contribution in [1.29, 1.82) is 0 Å². The lowest BCUT2D eigenvalue weighted by Gasteiger charge is -2.33. The van der Waals surface area contributed by atoms with Gasteiger partial charge in [0.1, 0.15) is 0 Å². The molecule has 0 bridgehead atoms. The number of hydrogen-bond acceptors (Lipinski definition) is 1. The van der Waals surface area contributed by atoms with Crippen LogP contribution in [0.3, 0.4) is 0 Å². The highest BCUT2D eigenvalue weighted by Crippen LogP contribution is 2.55. The van der Waals surface area contributed by atoms with E-state index >= 15 is 0 Å². The van der Waals surface area contributed by atoms with Crippen LogP contribution in [-0.2, 0) is 10.8 Å². The van der Waals surface area contributed by atoms with E-state index in [2.05, 4.69) is 222 Å². The van der Waals surface area contributed by atoms with Gasteiger partial charge in [-0.1, -0.05) is 167 Å². The Bertz CT molecular complexity index is 2700. The molecule has 0 radical (unpaired) electrons. The lowest BCUT2D eigenvalue weighted by atomic mass is 9.81. The average Bonchev–Trinajstić information content (AvgIpc) is 3.61. The van der Waals surface area contributed by atoms with E-state index in [1.165, 1.54) is 94.7 Å². The number of hydrogen-bond donors (Lipinski definition) is 0. The van der Waals surface area contributed by atoms with Crippen molar-refractivity contribution < 1.29 is 0 Å². The molecule has 8 aromatic carbocycles. The Morgan fingerprint density at radius 1 is 0.316 bits per heavy atom. The molecule has 0 aliphatic heterocycles. The van der Waals surface area contributed by atoms with Crippen LogP contribution in [0.15, 0.2) is 176 Å². The lowest BCUT2D eigenvalue weighted by Crippen LogP contribution is -2.19. The molecule has 2 aliphatic rings. The van der Waals surface area contributed by atoms with E-state index in [4.69, 9.17) is 0 Å². The summed E-state index contributed by atoms with van der Waals surface area (Å²) in [5.41, 5.74) is 23.8. The Kier molecular flexibility index (Phi) is 8.03. The molecule has 0 amide bonds. The molecule has 1 heteroatoms. The number of rotatable bonds is 6. The van der Waals surface area contributed by atoms with Crippen LogP contribution in [-0.4, -0.2) is 0 Å². The van der Waals surface area contributed by atoms with E-state index in [0.29, 0.717) is 0 Å². The number of benzene rings is 8. The molecule has 8 aromatic rings. The van der Waals surface area contributed by atoms with E-state index < -0.39 is 0 Å². The average molecular weight is 734 g/mol. The summed E-state index contributed by atoms with van der Waals surface area (Å²) in [6.07, 6.45) is 0. The second-order valence-corrected chi connectivity index (χ2v) is 17.1. The van der Waals surface area contributed by atoms with Gasteiger partial charge < -0.3 is 4.90 Å². The third-order valence-electron chi connectivity index (χ3n) is 13.0. The van der Waals surface area contributed by atoms with Crippen LogP contribution < -0.4 is 4.90 Å². The molecule has 1 nitrogen and oxygen atoms in total. The zero-order chi connectivity index (χ0) is 39.1. The van der Waals surface area contributed by atoms with Gasteiger partial charge in [0, 0.05) is 33.3 Å². The van der Waals surface area contributed by atoms with Crippen molar-refractivity contribution in [2.75, 3.05) is 4.90 Å². The van der Waals surface area contributed by atoms with E-state index in [9.17, 15) is 0 Å². The summed E-state index contributed by atoms with van der Waals surface area (Å²) in [4.78, 5) is 2.58. The van der Waals surface area contributed by atoms with Gasteiger partial charge in [0.05, 0.1) is 5.69 Å². The number of anilines is 3. The lowest BCUT2D eigenvalue weighted by molar-refractivity contribution is 0.660. The van der Waals surface area contributed by atoms with Gasteiger partial charge in [-0.15, -0.1) is 0 Å². The van der Waals surface area contributed by atoms with Crippen LogP contribution in [0, 0.1) is 13.8 Å². The minimum Gasteiger partial charge on any atom is -0.309 e. The number of fused-ring (bicyclic) bond motifs is 6. The Morgan fingerprint density at radius 2 is 0.702 bits per heavy atom. The fourth-order valence-corrected chi connectivity index (χ4v) is 9.90. The first-order valence-electron chi connectivity index (χ1n) is 20.3. The minimum absolute atomic E-state index is 0.149. The highest BCUT2D eigenvalue weighted by atomic mass is 15.1. The predicted octanol–water partition coefficient (Wildman–Crippen LogP) is 15.4. The molecule has 2 aliphatic carbocycles. The molecule has 0 saturated carbocycles. The van der Waals surface area contributed by atoms with Gasteiger partial charge in [-0.2, -0.15) is 0 Å². The molecule has 10 rings (SSSR count). The van der Waals surface area contributed by atoms with Gasteiger partial charge in [0.25, 0.3) is 0 Å². The molecule has 0 aromatic heterocycles. The molecule has 0 saturated heterocycles. The zero-order valence-corrected chi connectivity index (χ0v) is 33.7. The number of aryl methyl sites for hydroxylation is 2. The first kappa shape index (κ1) is 35.0. The highest BCUT2D eigenvalue weighted by molar-refractivity contribution is 6.02.